The van der Waals surface area contributed by atoms with Gasteiger partial charge in [-0.25, -0.2) is 4.99 Å². The third kappa shape index (κ3) is 9.09. The van der Waals surface area contributed by atoms with Crippen LogP contribution in [-0.2, 0) is 16.1 Å². The van der Waals surface area contributed by atoms with Crippen molar-refractivity contribution in [3.63, 3.8) is 0 Å². The molecule has 2 rings (SSSR count). The molecule has 1 saturated carbocycles. The Hall–Kier alpha value is -1.55. The summed E-state index contributed by atoms with van der Waals surface area (Å²) in [5.41, 5.74) is 2.17. The number of amides is 1. The zero-order valence-electron chi connectivity index (χ0n) is 17.0. The predicted molar refractivity (Wildman–Crippen MR) is 123 cm³/mol. The highest BCUT2D eigenvalue weighted by Crippen LogP contribution is 2.28. The van der Waals surface area contributed by atoms with Crippen molar-refractivity contribution < 1.29 is 14.3 Å². The Morgan fingerprint density at radius 2 is 1.93 bits per heavy atom. The van der Waals surface area contributed by atoms with Crippen LogP contribution in [0.3, 0.4) is 0 Å². The summed E-state index contributed by atoms with van der Waals surface area (Å²) in [6, 6.07) is 6.12. The Labute approximate surface area is 185 Å². The number of hydrogen-bond acceptors (Lipinski definition) is 4. The molecule has 0 bridgehead atoms. The molecule has 1 amide bonds. The molecule has 0 spiro atoms. The quantitative estimate of drug-likeness (QED) is 0.186. The zero-order chi connectivity index (χ0) is 19.5. The van der Waals surface area contributed by atoms with Crippen LogP contribution in [0.4, 0.5) is 0 Å². The van der Waals surface area contributed by atoms with Crippen LogP contribution in [0.15, 0.2) is 23.2 Å². The Balaban J connectivity index is 0.00000392. The van der Waals surface area contributed by atoms with Crippen LogP contribution in [0.25, 0.3) is 0 Å². The molecule has 0 aromatic heterocycles. The maximum atomic E-state index is 11.7. The van der Waals surface area contributed by atoms with Crippen molar-refractivity contribution in [2.45, 2.75) is 33.2 Å². The van der Waals surface area contributed by atoms with Crippen molar-refractivity contribution >= 4 is 35.8 Å². The smallest absolute Gasteiger partial charge is 0.223 e. The van der Waals surface area contributed by atoms with E-state index in [0.29, 0.717) is 32.8 Å². The maximum absolute atomic E-state index is 11.7. The zero-order valence-corrected chi connectivity index (χ0v) is 19.4. The van der Waals surface area contributed by atoms with Crippen LogP contribution in [0.2, 0.25) is 0 Å². The lowest BCUT2D eigenvalue weighted by molar-refractivity contribution is -0.122. The number of nitrogens with zero attached hydrogens (tertiary/aromatic N) is 1. The number of methoxy groups -OCH3 is 1. The van der Waals surface area contributed by atoms with Gasteiger partial charge in [0, 0.05) is 38.2 Å². The second-order valence-electron chi connectivity index (χ2n) is 6.64. The Morgan fingerprint density at radius 1 is 1.18 bits per heavy atom. The van der Waals surface area contributed by atoms with Crippen LogP contribution in [0.5, 0.6) is 5.75 Å². The minimum Gasteiger partial charge on any atom is -0.491 e. The molecule has 1 aliphatic carbocycles. The van der Waals surface area contributed by atoms with E-state index in [1.54, 1.807) is 7.11 Å². The lowest BCUT2D eigenvalue weighted by Crippen LogP contribution is -2.41. The maximum Gasteiger partial charge on any atom is 0.223 e. The summed E-state index contributed by atoms with van der Waals surface area (Å²) in [7, 11) is 1.66. The minimum atomic E-state index is 0. The average Bonchev–Trinajstić information content (AvgIpc) is 3.49. The number of carbonyl (C=O) groups is 1. The fraction of sp³-hybridized carbons (Fsp3) is 0.600. The molecule has 1 aromatic carbocycles. The molecule has 0 atom stereocenters. The highest BCUT2D eigenvalue weighted by molar-refractivity contribution is 14.0. The van der Waals surface area contributed by atoms with Gasteiger partial charge in [-0.2, -0.15) is 0 Å². The first kappa shape index (κ1) is 24.5. The number of carbonyl (C=O) groups excluding carboxylic acids is 1. The van der Waals surface area contributed by atoms with E-state index in [-0.39, 0.29) is 35.8 Å². The molecule has 0 radical (unpaired) electrons. The largest absolute Gasteiger partial charge is 0.491 e. The number of aryl methyl sites for hydroxylation is 1. The average molecular weight is 504 g/mol. The van der Waals surface area contributed by atoms with E-state index < -0.39 is 0 Å². The predicted octanol–water partition coefficient (Wildman–Crippen LogP) is 2.22. The first-order valence-electron chi connectivity index (χ1n) is 9.65. The third-order valence-electron chi connectivity index (χ3n) is 4.18. The van der Waals surface area contributed by atoms with Crippen LogP contribution in [-0.4, -0.2) is 51.8 Å². The number of hydrogen-bond donors (Lipinski definition) is 3. The molecule has 0 aliphatic heterocycles. The van der Waals surface area contributed by atoms with E-state index in [9.17, 15) is 4.79 Å². The number of aliphatic imine (C=N–C) groups is 1. The van der Waals surface area contributed by atoms with Gasteiger partial charge in [-0.05, 0) is 38.3 Å². The molecule has 0 unspecified atom stereocenters. The van der Waals surface area contributed by atoms with Gasteiger partial charge < -0.3 is 25.4 Å². The molecule has 8 heteroatoms. The van der Waals surface area contributed by atoms with Gasteiger partial charge >= 0.3 is 0 Å². The summed E-state index contributed by atoms with van der Waals surface area (Å²) >= 11 is 0. The van der Waals surface area contributed by atoms with Crippen LogP contribution in [0, 0.1) is 12.8 Å². The van der Waals surface area contributed by atoms with Crippen molar-refractivity contribution in [2.24, 2.45) is 10.9 Å². The minimum absolute atomic E-state index is 0. The highest BCUT2D eigenvalue weighted by Gasteiger charge is 2.28. The van der Waals surface area contributed by atoms with Crippen molar-refractivity contribution in [1.29, 1.82) is 0 Å². The van der Waals surface area contributed by atoms with Crippen molar-refractivity contribution in [2.75, 3.05) is 40.0 Å². The van der Waals surface area contributed by atoms with Gasteiger partial charge in [0.1, 0.15) is 12.4 Å². The second kappa shape index (κ2) is 13.6. The number of rotatable bonds is 11. The Morgan fingerprint density at radius 3 is 2.61 bits per heavy atom. The lowest BCUT2D eigenvalue weighted by atomic mass is 10.1. The van der Waals surface area contributed by atoms with E-state index in [4.69, 9.17) is 9.47 Å². The molecule has 7 nitrogen and oxygen atoms in total. The lowest BCUT2D eigenvalue weighted by Gasteiger charge is -2.14. The van der Waals surface area contributed by atoms with Gasteiger partial charge in [0.2, 0.25) is 5.91 Å². The number of ether oxygens (including phenoxy) is 2. The van der Waals surface area contributed by atoms with Crippen molar-refractivity contribution in [3.05, 3.63) is 29.3 Å². The standard InChI is InChI=1S/C20H32N4O3.HI/c1-4-21-20(23-10-9-22-19(25)16-7-8-16)24-14-17-6-5-15(2)13-18(17)27-12-11-26-3;/h5-6,13,16H,4,7-12,14H2,1-3H3,(H,22,25)(H2,21,23,24);1H. The summed E-state index contributed by atoms with van der Waals surface area (Å²) < 4.78 is 10.9. The molecule has 1 aliphatic rings. The topological polar surface area (TPSA) is 84.0 Å². The Bertz CT molecular complexity index is 636. The van der Waals surface area contributed by atoms with Gasteiger partial charge in [-0.3, -0.25) is 4.79 Å². The summed E-state index contributed by atoms with van der Waals surface area (Å²) in [6.07, 6.45) is 2.05. The summed E-state index contributed by atoms with van der Waals surface area (Å²) in [4.78, 5) is 16.3. The SMILES string of the molecule is CCNC(=NCc1ccc(C)cc1OCCOC)NCCNC(=O)C1CC1.I. The summed E-state index contributed by atoms with van der Waals surface area (Å²) in [5, 5.41) is 9.42. The molecule has 0 saturated heterocycles. The third-order valence-corrected chi connectivity index (χ3v) is 4.18. The molecular weight excluding hydrogens is 471 g/mol. The fourth-order valence-corrected chi connectivity index (χ4v) is 2.52. The molecule has 158 valence electrons. The summed E-state index contributed by atoms with van der Waals surface area (Å²) in [5.74, 6) is 1.96. The first-order valence-corrected chi connectivity index (χ1v) is 9.65. The molecule has 3 N–H and O–H groups in total. The van der Waals surface area contributed by atoms with Crippen molar-refractivity contribution in [3.8, 4) is 5.75 Å². The fourth-order valence-electron chi connectivity index (χ4n) is 2.52. The summed E-state index contributed by atoms with van der Waals surface area (Å²) in [6.45, 7) is 7.63. The second-order valence-corrected chi connectivity index (χ2v) is 6.64. The number of halogens is 1. The van der Waals surface area contributed by atoms with Crippen LogP contribution < -0.4 is 20.7 Å². The molecule has 0 heterocycles. The number of nitrogens with one attached hydrogen (secondary N) is 3. The number of benzene rings is 1. The Kier molecular flexibility index (Phi) is 11.9. The normalized spacial score (nSPS) is 13.5. The van der Waals surface area contributed by atoms with E-state index in [1.165, 1.54) is 0 Å². The monoisotopic (exact) mass is 504 g/mol. The molecular formula is C20H33IN4O3. The number of guanidine groups is 1. The van der Waals surface area contributed by atoms with Crippen LogP contribution >= 0.6 is 24.0 Å². The van der Waals surface area contributed by atoms with Gasteiger partial charge in [-0.1, -0.05) is 12.1 Å². The van der Waals surface area contributed by atoms with E-state index in [1.807, 2.05) is 26.0 Å². The highest BCUT2D eigenvalue weighted by atomic mass is 127. The molecule has 1 fully saturated rings. The van der Waals surface area contributed by atoms with E-state index >= 15 is 0 Å². The van der Waals surface area contributed by atoms with E-state index in [0.717, 1.165) is 42.2 Å². The van der Waals surface area contributed by atoms with Gasteiger partial charge in [0.15, 0.2) is 5.96 Å². The van der Waals surface area contributed by atoms with Crippen LogP contribution in [0.1, 0.15) is 30.9 Å². The van der Waals surface area contributed by atoms with Gasteiger partial charge in [0.05, 0.1) is 13.2 Å². The van der Waals surface area contributed by atoms with E-state index in [2.05, 4.69) is 27.0 Å². The molecule has 1 aromatic rings. The van der Waals surface area contributed by atoms with Gasteiger partial charge in [0.25, 0.3) is 0 Å². The first-order chi connectivity index (χ1) is 13.1. The molecule has 28 heavy (non-hydrogen) atoms. The van der Waals surface area contributed by atoms with Gasteiger partial charge in [-0.15, -0.1) is 24.0 Å². The van der Waals surface area contributed by atoms with Crippen molar-refractivity contribution in [1.82, 2.24) is 16.0 Å².